The molecule has 12 rings (SSSR count). The van der Waals surface area contributed by atoms with Crippen LogP contribution in [0.5, 0.6) is 0 Å². The number of aryl methyl sites for hydroxylation is 3. The van der Waals surface area contributed by atoms with Gasteiger partial charge in [0.2, 0.25) is 6.41 Å². The Bertz CT molecular complexity index is 3640. The average molecular weight is 966 g/mol. The molecule has 3 fully saturated rings. The van der Waals surface area contributed by atoms with Gasteiger partial charge >= 0.3 is 11.4 Å². The average Bonchev–Trinajstić information content (AvgIpc) is 4.07. The van der Waals surface area contributed by atoms with Crippen LogP contribution >= 0.6 is 0 Å². The van der Waals surface area contributed by atoms with Gasteiger partial charge in [0.05, 0.1) is 45.8 Å². The molecular formula is C52H53F2N11O6. The Morgan fingerprint density at radius 1 is 0.958 bits per heavy atom. The molecule has 1 unspecified atom stereocenters. The lowest BCUT2D eigenvalue weighted by atomic mass is 9.83. The van der Waals surface area contributed by atoms with Gasteiger partial charge in [-0.05, 0) is 138 Å². The smallest absolute Gasteiger partial charge is 0.376 e. The van der Waals surface area contributed by atoms with Crippen LogP contribution in [0.15, 0.2) is 81.2 Å². The van der Waals surface area contributed by atoms with E-state index in [0.29, 0.717) is 77.5 Å². The summed E-state index contributed by atoms with van der Waals surface area (Å²) >= 11 is 0. The second-order valence-electron chi connectivity index (χ2n) is 20.8. The number of hydrogen-bond acceptors (Lipinski definition) is 9. The number of carbonyl (C=O) groups excluding carboxylic acids is 2. The maximum atomic E-state index is 16.4. The quantitative estimate of drug-likeness (QED) is 0.152. The zero-order valence-corrected chi connectivity index (χ0v) is 40.5. The van der Waals surface area contributed by atoms with E-state index in [4.69, 9.17) is 14.4 Å². The van der Waals surface area contributed by atoms with Crippen LogP contribution in [0.25, 0.3) is 39.0 Å². The molecule has 4 aliphatic rings. The normalized spacial score (nSPS) is 23.9. The fraction of sp³-hybridized carbons (Fsp3) is 0.404. The number of nitrogens with zero attached hydrogens (tertiary/aromatic N) is 10. The molecule has 0 bridgehead atoms. The lowest BCUT2D eigenvalue weighted by Crippen LogP contribution is -2.63. The summed E-state index contributed by atoms with van der Waals surface area (Å²) in [5.74, 6) is -1.42. The van der Waals surface area contributed by atoms with Crippen molar-refractivity contribution in [2.24, 2.45) is 13.0 Å². The van der Waals surface area contributed by atoms with Gasteiger partial charge in [-0.2, -0.15) is 10.2 Å². The van der Waals surface area contributed by atoms with Crippen LogP contribution in [-0.2, 0) is 28.5 Å². The van der Waals surface area contributed by atoms with Crippen molar-refractivity contribution in [3.63, 3.8) is 0 Å². The van der Waals surface area contributed by atoms with Crippen LogP contribution in [0.3, 0.4) is 0 Å². The predicted molar refractivity (Wildman–Crippen MR) is 257 cm³/mol. The Labute approximate surface area is 405 Å². The molecule has 5 atom stereocenters. The first-order valence-corrected chi connectivity index (χ1v) is 24.2. The number of H-pyrrole nitrogens is 1. The first-order chi connectivity index (χ1) is 34.0. The van der Waals surface area contributed by atoms with E-state index in [1.54, 1.807) is 58.3 Å². The number of hydrogen-bond donors (Lipinski definition) is 1. The van der Waals surface area contributed by atoms with Crippen LogP contribution in [0.2, 0.25) is 0 Å². The summed E-state index contributed by atoms with van der Waals surface area (Å²) in [7, 11) is 1.71. The highest BCUT2D eigenvalue weighted by molar-refractivity contribution is 6.00. The van der Waals surface area contributed by atoms with Crippen LogP contribution in [0.1, 0.15) is 116 Å². The van der Waals surface area contributed by atoms with Gasteiger partial charge in [0.15, 0.2) is 11.6 Å². The minimum Gasteiger partial charge on any atom is -0.376 e. The van der Waals surface area contributed by atoms with E-state index in [1.807, 2.05) is 30.5 Å². The molecule has 17 nitrogen and oxygen atoms in total. The molecule has 1 spiro atoms. The number of carbonyl (C=O) groups is 2. The standard InChI is InChI=1S/C52H53F2N11O6/c1-28-19-35(20-29(2)43(28)53)65-45(62-17-16-61(49(62)69)40-12-11-39-36(44(40)54)26-55-59(39)7)42-31(4)63(51(25-37(42)57-65)14-8-15-60(51)27-66)46(67)41-22-34-21-32(33-13-18-70-50(5,6)24-33)9-10-38(34)64(41)52(23-30(52)3)47-56-48(68)71-58-47/h9-12,16-17,19-22,26-27,30-31,33H,8,13-15,18,23-25H2,1-7H3,(H,56,58,68)/t30-,31-,33-,51?,52-/m0/s1. The second kappa shape index (κ2) is 15.5. The summed E-state index contributed by atoms with van der Waals surface area (Å²) in [6.07, 6.45) is 8.54. The molecule has 19 heteroatoms. The molecule has 3 aromatic carbocycles. The van der Waals surface area contributed by atoms with Gasteiger partial charge < -0.3 is 19.1 Å². The van der Waals surface area contributed by atoms with Crippen molar-refractivity contribution in [1.82, 2.24) is 53.2 Å². The summed E-state index contributed by atoms with van der Waals surface area (Å²) < 4.78 is 50.6. The lowest BCUT2D eigenvalue weighted by molar-refractivity contribution is -0.130. The molecule has 2 saturated heterocycles. The number of ether oxygens (including phenoxy) is 1. The highest BCUT2D eigenvalue weighted by atomic mass is 19.1. The van der Waals surface area contributed by atoms with E-state index in [2.05, 4.69) is 41.2 Å². The Kier molecular flexibility index (Phi) is 9.80. The third-order valence-corrected chi connectivity index (χ3v) is 16.0. The van der Waals surface area contributed by atoms with Crippen LogP contribution in [0, 0.1) is 31.4 Å². The van der Waals surface area contributed by atoms with Crippen molar-refractivity contribution in [3.05, 3.63) is 139 Å². The molecule has 2 amide bonds. The van der Waals surface area contributed by atoms with Gasteiger partial charge in [-0.15, -0.1) is 0 Å². The Hall–Kier alpha value is -7.41. The number of likely N-dealkylation sites (tertiary alicyclic amines) is 1. The maximum Gasteiger partial charge on any atom is 0.438 e. The molecule has 3 aliphatic heterocycles. The Morgan fingerprint density at radius 3 is 2.41 bits per heavy atom. The summed E-state index contributed by atoms with van der Waals surface area (Å²) in [6.45, 7) is 12.4. The third-order valence-electron chi connectivity index (χ3n) is 16.0. The number of benzene rings is 3. The van der Waals surface area contributed by atoms with E-state index in [1.165, 1.54) is 33.8 Å². The van der Waals surface area contributed by atoms with Crippen LogP contribution in [-0.4, -0.2) is 89.9 Å². The molecule has 8 heterocycles. The molecule has 1 saturated carbocycles. The summed E-state index contributed by atoms with van der Waals surface area (Å²) in [6, 6.07) is 13.9. The molecule has 8 aromatic rings. The fourth-order valence-corrected chi connectivity index (χ4v) is 12.5. The molecule has 366 valence electrons. The van der Waals surface area contributed by atoms with Gasteiger partial charge in [0.25, 0.3) is 5.91 Å². The fourth-order valence-electron chi connectivity index (χ4n) is 12.5. The summed E-state index contributed by atoms with van der Waals surface area (Å²) in [5.41, 5.74) is 1.87. The number of nitrogens with one attached hydrogen (secondary N) is 1. The highest BCUT2D eigenvalue weighted by Gasteiger charge is 2.61. The maximum absolute atomic E-state index is 16.4. The largest absolute Gasteiger partial charge is 0.438 e. The second-order valence-corrected chi connectivity index (χ2v) is 20.8. The zero-order valence-electron chi connectivity index (χ0n) is 40.5. The van der Waals surface area contributed by atoms with Crippen LogP contribution < -0.4 is 11.4 Å². The molecule has 5 aromatic heterocycles. The number of aromatic amines is 1. The van der Waals surface area contributed by atoms with E-state index >= 15 is 13.6 Å². The lowest BCUT2D eigenvalue weighted by Gasteiger charge is -2.51. The summed E-state index contributed by atoms with van der Waals surface area (Å²) in [5, 5.41) is 14.7. The minimum absolute atomic E-state index is 0.00671. The zero-order chi connectivity index (χ0) is 49.6. The molecular weight excluding hydrogens is 913 g/mol. The number of rotatable bonds is 8. The topological polar surface area (TPSA) is 176 Å². The van der Waals surface area contributed by atoms with Crippen LogP contribution in [0.4, 0.5) is 8.78 Å². The number of imidazole rings is 1. The van der Waals surface area contributed by atoms with Crippen molar-refractivity contribution >= 4 is 34.1 Å². The van der Waals surface area contributed by atoms with Crippen molar-refractivity contribution in [1.29, 1.82) is 0 Å². The number of amides is 2. The van der Waals surface area contributed by atoms with E-state index < -0.39 is 40.4 Å². The summed E-state index contributed by atoms with van der Waals surface area (Å²) in [4.78, 5) is 63.6. The SMILES string of the molecule is Cc1cc(-n2nc3c(c2-n2ccn(-c4ccc5c(cnn5C)c4F)c2=O)[C@H](C)N(C(=O)c2cc4cc([C@H]5CCOC(C)(C)C5)ccc4n2[C@@]2(c4noc(=O)[nH]4)C[C@@H]2C)C2(CCCN2C=O)C3)cc(C)c1F. The van der Waals surface area contributed by atoms with Gasteiger partial charge in [-0.3, -0.25) is 32.9 Å². The Balaban J connectivity index is 1.07. The molecule has 71 heavy (non-hydrogen) atoms. The Morgan fingerprint density at radius 2 is 1.70 bits per heavy atom. The van der Waals surface area contributed by atoms with Crippen molar-refractivity contribution in [2.45, 2.75) is 109 Å². The van der Waals surface area contributed by atoms with Gasteiger partial charge in [-0.25, -0.2) is 23.1 Å². The number of halogens is 2. The number of fused-ring (bicyclic) bond motifs is 3. The predicted octanol–water partition coefficient (Wildman–Crippen LogP) is 7.39. The first-order valence-electron chi connectivity index (χ1n) is 24.2. The van der Waals surface area contributed by atoms with Crippen molar-refractivity contribution in [2.75, 3.05) is 13.2 Å². The molecule has 0 radical (unpaired) electrons. The first kappa shape index (κ1) is 44.8. The van der Waals surface area contributed by atoms with Crippen molar-refractivity contribution in [3.8, 4) is 17.2 Å². The molecule has 1 N–H and O–H groups in total. The van der Waals surface area contributed by atoms with Crippen molar-refractivity contribution < 1.29 is 27.6 Å². The van der Waals surface area contributed by atoms with Gasteiger partial charge in [0, 0.05) is 55.5 Å². The van der Waals surface area contributed by atoms with Gasteiger partial charge in [0.1, 0.15) is 28.5 Å². The highest BCUT2D eigenvalue weighted by Crippen LogP contribution is 2.57. The van der Waals surface area contributed by atoms with E-state index in [0.717, 1.165) is 35.7 Å². The van der Waals surface area contributed by atoms with Gasteiger partial charge in [-0.1, -0.05) is 18.1 Å². The van der Waals surface area contributed by atoms with E-state index in [9.17, 15) is 14.4 Å². The number of aromatic nitrogens is 9. The third kappa shape index (κ3) is 6.46. The molecule has 1 aliphatic carbocycles. The monoisotopic (exact) mass is 965 g/mol. The van der Waals surface area contributed by atoms with E-state index in [-0.39, 0.29) is 46.6 Å². The minimum atomic E-state index is -1.21.